The van der Waals surface area contributed by atoms with Crippen LogP contribution in [0.5, 0.6) is 11.5 Å². The van der Waals surface area contributed by atoms with E-state index in [1.807, 2.05) is 18.2 Å². The fourth-order valence-corrected chi connectivity index (χ4v) is 2.94. The average Bonchev–Trinajstić information content (AvgIpc) is 2.81. The maximum Gasteiger partial charge on any atom is 0.244 e. The van der Waals surface area contributed by atoms with Crippen LogP contribution in [0.15, 0.2) is 42.6 Å². The molecule has 1 amide bonds. The molecule has 8 nitrogen and oxygen atoms in total. The lowest BCUT2D eigenvalue weighted by molar-refractivity contribution is -0.116. The Bertz CT molecular complexity index is 916. The number of hydrogen-bond acceptors (Lipinski definition) is 7. The summed E-state index contributed by atoms with van der Waals surface area (Å²) in [5.41, 5.74) is 1.71. The fourth-order valence-electron chi connectivity index (χ4n) is 2.94. The third kappa shape index (κ3) is 5.96. The first-order valence-corrected chi connectivity index (χ1v) is 9.61. The molecule has 30 heavy (non-hydrogen) atoms. The predicted octanol–water partition coefficient (Wildman–Crippen LogP) is 2.16. The van der Waals surface area contributed by atoms with E-state index in [2.05, 4.69) is 15.2 Å². The monoisotopic (exact) mass is 408 g/mol. The van der Waals surface area contributed by atoms with Gasteiger partial charge in [0.15, 0.2) is 18.1 Å². The molecule has 1 aliphatic rings. The zero-order valence-corrected chi connectivity index (χ0v) is 16.8. The first-order chi connectivity index (χ1) is 14.7. The maximum atomic E-state index is 12.1. The molecule has 0 aliphatic carbocycles. The van der Waals surface area contributed by atoms with Crippen LogP contribution in [0.2, 0.25) is 0 Å². The highest BCUT2D eigenvalue weighted by Gasteiger charge is 2.12. The molecule has 1 saturated heterocycles. The third-order valence-corrected chi connectivity index (χ3v) is 4.52. The van der Waals surface area contributed by atoms with Gasteiger partial charge in [0.25, 0.3) is 0 Å². The summed E-state index contributed by atoms with van der Waals surface area (Å²) in [6.07, 6.45) is 4.92. The summed E-state index contributed by atoms with van der Waals surface area (Å²) in [6, 6.07) is 11.1. The van der Waals surface area contributed by atoms with Crippen LogP contribution in [0, 0.1) is 11.3 Å². The molecule has 2 aromatic rings. The summed E-state index contributed by atoms with van der Waals surface area (Å²) < 4.78 is 15.9. The van der Waals surface area contributed by atoms with Crippen LogP contribution in [0.3, 0.4) is 0 Å². The molecule has 0 bridgehead atoms. The van der Waals surface area contributed by atoms with Crippen LogP contribution in [0.1, 0.15) is 11.1 Å². The second-order valence-corrected chi connectivity index (χ2v) is 6.53. The van der Waals surface area contributed by atoms with Gasteiger partial charge in [0.2, 0.25) is 5.91 Å². The quantitative estimate of drug-likeness (QED) is 0.669. The molecule has 1 aliphatic heterocycles. The number of hydrogen-bond donors (Lipinski definition) is 1. The molecule has 0 unspecified atom stereocenters. The molecule has 0 atom stereocenters. The van der Waals surface area contributed by atoms with Crippen LogP contribution in [0.4, 0.5) is 5.82 Å². The fraction of sp³-hybridized carbons (Fsp3) is 0.318. The van der Waals surface area contributed by atoms with Crippen molar-refractivity contribution in [3.63, 3.8) is 0 Å². The minimum Gasteiger partial charge on any atom is -0.493 e. The molecule has 3 rings (SSSR count). The van der Waals surface area contributed by atoms with Gasteiger partial charge in [-0.05, 0) is 35.4 Å². The van der Waals surface area contributed by atoms with Crippen LogP contribution in [-0.2, 0) is 16.1 Å². The number of pyridine rings is 1. The largest absolute Gasteiger partial charge is 0.493 e. The summed E-state index contributed by atoms with van der Waals surface area (Å²) in [7, 11) is 1.52. The van der Waals surface area contributed by atoms with Gasteiger partial charge in [-0.2, -0.15) is 5.26 Å². The Hall–Kier alpha value is -3.57. The lowest BCUT2D eigenvalue weighted by atomic mass is 10.2. The van der Waals surface area contributed by atoms with Crippen molar-refractivity contribution < 1.29 is 19.0 Å². The summed E-state index contributed by atoms with van der Waals surface area (Å²) >= 11 is 0. The van der Waals surface area contributed by atoms with Gasteiger partial charge in [-0.25, -0.2) is 4.98 Å². The van der Waals surface area contributed by atoms with E-state index in [-0.39, 0.29) is 12.5 Å². The predicted molar refractivity (Wildman–Crippen MR) is 112 cm³/mol. The topological polar surface area (TPSA) is 96.7 Å². The number of nitrogens with zero attached hydrogens (tertiary/aromatic N) is 3. The number of amides is 1. The first kappa shape index (κ1) is 21.1. The SMILES string of the molecule is COc1cc(/C=C/C(=O)NCc2ccc(N3CCOCC3)nc2)ccc1OCC#N. The second kappa shape index (κ2) is 10.8. The smallest absolute Gasteiger partial charge is 0.244 e. The molecule has 0 spiro atoms. The standard InChI is InChI=1S/C22H24N4O4/c1-28-20-14-17(2-5-19(20)30-11-8-23)4-7-22(27)25-16-18-3-6-21(24-15-18)26-9-12-29-13-10-26/h2-7,14-15H,9-13,16H2,1H3,(H,25,27)/b7-4+. The van der Waals surface area contributed by atoms with Gasteiger partial charge in [-0.3, -0.25) is 4.79 Å². The highest BCUT2D eigenvalue weighted by molar-refractivity contribution is 5.91. The van der Waals surface area contributed by atoms with Crippen molar-refractivity contribution in [1.29, 1.82) is 5.26 Å². The Morgan fingerprint density at radius 2 is 2.13 bits per heavy atom. The van der Waals surface area contributed by atoms with Crippen molar-refractivity contribution >= 4 is 17.8 Å². The number of anilines is 1. The minimum absolute atomic E-state index is 0.0593. The lowest BCUT2D eigenvalue weighted by Crippen LogP contribution is -2.36. The molecule has 1 N–H and O–H groups in total. The third-order valence-electron chi connectivity index (χ3n) is 4.52. The van der Waals surface area contributed by atoms with Crippen molar-refractivity contribution in [2.24, 2.45) is 0 Å². The summed E-state index contributed by atoms with van der Waals surface area (Å²) in [4.78, 5) is 18.8. The lowest BCUT2D eigenvalue weighted by Gasteiger charge is -2.27. The van der Waals surface area contributed by atoms with Gasteiger partial charge in [0, 0.05) is 31.9 Å². The van der Waals surface area contributed by atoms with Gasteiger partial charge in [-0.1, -0.05) is 12.1 Å². The highest BCUT2D eigenvalue weighted by atomic mass is 16.5. The van der Waals surface area contributed by atoms with Crippen LogP contribution in [-0.4, -0.2) is 50.9 Å². The van der Waals surface area contributed by atoms with Gasteiger partial charge in [0.1, 0.15) is 11.9 Å². The Morgan fingerprint density at radius 1 is 1.30 bits per heavy atom. The zero-order chi connectivity index (χ0) is 21.2. The molecule has 1 aromatic heterocycles. The van der Waals surface area contributed by atoms with Crippen molar-refractivity contribution in [3.8, 4) is 17.6 Å². The Kier molecular flexibility index (Phi) is 7.64. The summed E-state index contributed by atoms with van der Waals surface area (Å²) in [5, 5.41) is 11.5. The number of methoxy groups -OCH3 is 1. The van der Waals surface area contributed by atoms with Crippen LogP contribution >= 0.6 is 0 Å². The van der Waals surface area contributed by atoms with Crippen molar-refractivity contribution in [2.75, 3.05) is 44.9 Å². The number of morpholine rings is 1. The Balaban J connectivity index is 1.51. The number of benzene rings is 1. The van der Waals surface area contributed by atoms with Crippen LogP contribution in [0.25, 0.3) is 6.08 Å². The molecule has 1 aromatic carbocycles. The summed E-state index contributed by atoms with van der Waals surface area (Å²) in [6.45, 7) is 3.44. The van der Waals surface area contributed by atoms with E-state index in [0.29, 0.717) is 31.3 Å². The molecule has 2 heterocycles. The first-order valence-electron chi connectivity index (χ1n) is 9.61. The molecular weight excluding hydrogens is 384 g/mol. The minimum atomic E-state index is -0.212. The number of rotatable bonds is 8. The van der Waals surface area contributed by atoms with E-state index < -0.39 is 0 Å². The molecule has 1 fully saturated rings. The average molecular weight is 408 g/mol. The van der Waals surface area contributed by atoms with Gasteiger partial charge in [-0.15, -0.1) is 0 Å². The van der Waals surface area contributed by atoms with Crippen LogP contribution < -0.4 is 19.7 Å². The highest BCUT2D eigenvalue weighted by Crippen LogP contribution is 2.28. The number of nitrogens with one attached hydrogen (secondary N) is 1. The van der Waals surface area contributed by atoms with E-state index in [1.165, 1.54) is 13.2 Å². The second-order valence-electron chi connectivity index (χ2n) is 6.53. The molecule has 8 heteroatoms. The maximum absolute atomic E-state index is 12.1. The van der Waals surface area contributed by atoms with E-state index in [9.17, 15) is 4.79 Å². The summed E-state index contributed by atoms with van der Waals surface area (Å²) in [5.74, 6) is 1.69. The molecule has 0 radical (unpaired) electrons. The van der Waals surface area contributed by atoms with Crippen molar-refractivity contribution in [1.82, 2.24) is 10.3 Å². The van der Waals surface area contributed by atoms with E-state index in [0.717, 1.165) is 30.0 Å². The van der Waals surface area contributed by atoms with Gasteiger partial charge < -0.3 is 24.4 Å². The Labute approximate surface area is 175 Å². The number of carbonyl (C=O) groups is 1. The van der Waals surface area contributed by atoms with E-state index in [1.54, 1.807) is 30.5 Å². The Morgan fingerprint density at radius 3 is 2.83 bits per heavy atom. The molecular formula is C22H24N4O4. The molecule has 156 valence electrons. The van der Waals surface area contributed by atoms with Crippen molar-refractivity contribution in [2.45, 2.75) is 6.54 Å². The van der Waals surface area contributed by atoms with E-state index >= 15 is 0 Å². The van der Waals surface area contributed by atoms with Gasteiger partial charge >= 0.3 is 0 Å². The van der Waals surface area contributed by atoms with E-state index in [4.69, 9.17) is 19.5 Å². The zero-order valence-electron chi connectivity index (χ0n) is 16.8. The van der Waals surface area contributed by atoms with Crippen molar-refractivity contribution in [3.05, 3.63) is 53.7 Å². The normalized spacial score (nSPS) is 13.7. The number of nitriles is 1. The number of ether oxygens (including phenoxy) is 3. The molecule has 0 saturated carbocycles. The number of aromatic nitrogens is 1. The van der Waals surface area contributed by atoms with Gasteiger partial charge in [0.05, 0.1) is 20.3 Å². The number of carbonyl (C=O) groups excluding carboxylic acids is 1.